The Kier molecular flexibility index (Phi) is 11.3. The number of nitrogens with zero attached hydrogens (tertiary/aromatic N) is 1. The molecule has 0 aromatic heterocycles. The number of likely N-dealkylation sites (tertiary alicyclic amines) is 1. The summed E-state index contributed by atoms with van der Waals surface area (Å²) in [6.45, 7) is 3.21. The van der Waals surface area contributed by atoms with Gasteiger partial charge in [0.05, 0.1) is 15.6 Å². The van der Waals surface area contributed by atoms with Gasteiger partial charge in [-0.3, -0.25) is 4.79 Å². The fourth-order valence-corrected chi connectivity index (χ4v) is 4.43. The van der Waals surface area contributed by atoms with Gasteiger partial charge in [0.1, 0.15) is 0 Å². The molecule has 0 spiro atoms. The van der Waals surface area contributed by atoms with E-state index in [0.29, 0.717) is 16.6 Å². The average molecular weight is 571 g/mol. The Morgan fingerprint density at radius 2 is 1.76 bits per heavy atom. The molecule has 1 fully saturated rings. The van der Waals surface area contributed by atoms with Gasteiger partial charge in [-0.1, -0.05) is 41.8 Å². The number of rotatable bonds is 10. The van der Waals surface area contributed by atoms with E-state index in [0.717, 1.165) is 69.4 Å². The van der Waals surface area contributed by atoms with E-state index in [1.807, 2.05) is 0 Å². The predicted molar refractivity (Wildman–Crippen MR) is 145 cm³/mol. The Balaban J connectivity index is 1.24. The van der Waals surface area contributed by atoms with Crippen LogP contribution in [0.3, 0.4) is 0 Å². The maximum absolute atomic E-state index is 12.8. The smallest absolute Gasteiger partial charge is 0.353 e. The van der Waals surface area contributed by atoms with Crippen molar-refractivity contribution in [2.75, 3.05) is 31.5 Å². The van der Waals surface area contributed by atoms with Crippen LogP contribution in [0.5, 0.6) is 0 Å². The summed E-state index contributed by atoms with van der Waals surface area (Å²) >= 11 is 11.9. The number of piperidine rings is 1. The van der Waals surface area contributed by atoms with E-state index in [9.17, 15) is 22.8 Å². The average Bonchev–Trinajstić information content (AvgIpc) is 2.87. The largest absolute Gasteiger partial charge is 0.416 e. The molecule has 0 unspecified atom stereocenters. The highest BCUT2D eigenvalue weighted by Gasteiger charge is 2.30. The lowest BCUT2D eigenvalue weighted by molar-refractivity contribution is -0.137. The maximum Gasteiger partial charge on any atom is 0.416 e. The van der Waals surface area contributed by atoms with Crippen LogP contribution in [0.4, 0.5) is 23.7 Å². The van der Waals surface area contributed by atoms with E-state index in [4.69, 9.17) is 23.2 Å². The van der Waals surface area contributed by atoms with Crippen molar-refractivity contribution in [3.05, 3.63) is 69.7 Å². The molecule has 1 aliphatic heterocycles. The highest BCUT2D eigenvalue weighted by molar-refractivity contribution is 6.42. The highest BCUT2D eigenvalue weighted by Crippen LogP contribution is 2.30. The molecule has 0 atom stereocenters. The van der Waals surface area contributed by atoms with Crippen LogP contribution in [0.2, 0.25) is 10.0 Å². The maximum atomic E-state index is 12.8. The summed E-state index contributed by atoms with van der Waals surface area (Å²) in [5, 5.41) is 9.11. The second-order valence-corrected chi connectivity index (χ2v) is 9.97. The molecule has 1 heterocycles. The van der Waals surface area contributed by atoms with Crippen molar-refractivity contribution >= 4 is 46.9 Å². The Bertz CT molecular complexity index is 1120. The third-order valence-corrected chi connectivity index (χ3v) is 6.93. The molecule has 3 rings (SSSR count). The van der Waals surface area contributed by atoms with Crippen LogP contribution >= 0.6 is 23.2 Å². The second-order valence-electron chi connectivity index (χ2n) is 9.15. The Hall–Kier alpha value is -2.75. The van der Waals surface area contributed by atoms with Gasteiger partial charge in [0.2, 0.25) is 5.91 Å². The predicted octanol–water partition coefficient (Wildman–Crippen LogP) is 6.60. The number of amides is 3. The Morgan fingerprint density at radius 3 is 2.47 bits per heavy atom. The molecular formula is C27H31Cl2F3N4O2. The molecule has 3 N–H and O–H groups in total. The number of carbonyl (C=O) groups excluding carboxylic acids is 2. The fraction of sp³-hybridized carbons (Fsp3) is 0.407. The minimum absolute atomic E-state index is 0.0239. The van der Waals surface area contributed by atoms with Crippen LogP contribution in [0.25, 0.3) is 6.08 Å². The number of hydrogen-bond donors (Lipinski definition) is 3. The van der Waals surface area contributed by atoms with Gasteiger partial charge in [-0.15, -0.1) is 0 Å². The number of anilines is 1. The molecule has 0 saturated carbocycles. The van der Waals surface area contributed by atoms with Crippen molar-refractivity contribution < 1.29 is 22.8 Å². The Morgan fingerprint density at radius 1 is 1.00 bits per heavy atom. The number of carbonyl (C=O) groups is 2. The highest BCUT2D eigenvalue weighted by atomic mass is 35.5. The molecule has 206 valence electrons. The summed E-state index contributed by atoms with van der Waals surface area (Å²) in [7, 11) is 0. The number of hydrogen-bond acceptors (Lipinski definition) is 3. The third kappa shape index (κ3) is 10.2. The van der Waals surface area contributed by atoms with Crippen molar-refractivity contribution in [1.29, 1.82) is 0 Å². The van der Waals surface area contributed by atoms with Gasteiger partial charge in [0.15, 0.2) is 0 Å². The first-order chi connectivity index (χ1) is 18.1. The molecule has 1 aliphatic rings. The van der Waals surface area contributed by atoms with Crippen LogP contribution < -0.4 is 16.0 Å². The van der Waals surface area contributed by atoms with Crippen molar-refractivity contribution in [3.8, 4) is 0 Å². The minimum atomic E-state index is -4.46. The van der Waals surface area contributed by atoms with Crippen LogP contribution in [0.1, 0.15) is 43.2 Å². The zero-order valence-corrected chi connectivity index (χ0v) is 22.3. The van der Waals surface area contributed by atoms with Crippen LogP contribution in [-0.2, 0) is 11.0 Å². The quantitative estimate of drug-likeness (QED) is 0.222. The van der Waals surface area contributed by atoms with E-state index < -0.39 is 17.8 Å². The standard InChI is InChI=1S/C27H31Cl2F3N4O2/c28-23-9-7-19(17-24(23)29)8-10-25(37)33-13-2-1-3-14-36-15-11-21(12-16-36)34-26(38)35-22-6-4-5-20(18-22)27(30,31)32/h4-10,17-18,21H,1-3,11-16H2,(H,33,37)(H2,34,35,38)/b10-8+. The minimum Gasteiger partial charge on any atom is -0.353 e. The van der Waals surface area contributed by atoms with Crippen molar-refractivity contribution in [3.63, 3.8) is 0 Å². The summed E-state index contributed by atoms with van der Waals surface area (Å²) in [5.74, 6) is -0.164. The SMILES string of the molecule is O=C(/C=C/c1ccc(Cl)c(Cl)c1)NCCCCCN1CCC(NC(=O)Nc2cccc(C(F)(F)F)c2)CC1. The fourth-order valence-electron chi connectivity index (χ4n) is 4.12. The van der Waals surface area contributed by atoms with Crippen LogP contribution in [0, 0.1) is 0 Å². The normalized spacial score (nSPS) is 15.0. The van der Waals surface area contributed by atoms with E-state index in [1.54, 1.807) is 24.3 Å². The van der Waals surface area contributed by atoms with Gasteiger partial charge in [-0.2, -0.15) is 13.2 Å². The molecule has 0 aliphatic carbocycles. The van der Waals surface area contributed by atoms with Gasteiger partial charge < -0.3 is 20.9 Å². The molecular weight excluding hydrogens is 540 g/mol. The molecule has 2 aromatic carbocycles. The third-order valence-electron chi connectivity index (χ3n) is 6.19. The van der Waals surface area contributed by atoms with Gasteiger partial charge in [0.25, 0.3) is 0 Å². The molecule has 0 radical (unpaired) electrons. The number of unbranched alkanes of at least 4 members (excludes halogenated alkanes) is 2. The number of urea groups is 1. The summed E-state index contributed by atoms with van der Waals surface area (Å²) in [6, 6.07) is 9.21. The summed E-state index contributed by atoms with van der Waals surface area (Å²) in [5.41, 5.74) is 0.0982. The molecule has 6 nitrogen and oxygen atoms in total. The van der Waals surface area contributed by atoms with E-state index >= 15 is 0 Å². The lowest BCUT2D eigenvalue weighted by atomic mass is 10.0. The zero-order valence-electron chi connectivity index (χ0n) is 20.8. The molecule has 1 saturated heterocycles. The molecule has 3 amide bonds. The first kappa shape index (κ1) is 29.8. The van der Waals surface area contributed by atoms with Crippen LogP contribution in [0.15, 0.2) is 48.5 Å². The van der Waals surface area contributed by atoms with Gasteiger partial charge in [0, 0.05) is 37.4 Å². The lowest BCUT2D eigenvalue weighted by Gasteiger charge is -2.32. The molecule has 11 heteroatoms. The number of nitrogens with one attached hydrogen (secondary N) is 3. The number of benzene rings is 2. The monoisotopic (exact) mass is 570 g/mol. The number of halogens is 5. The van der Waals surface area contributed by atoms with Crippen molar-refractivity contribution in [2.24, 2.45) is 0 Å². The molecule has 2 aromatic rings. The molecule has 0 bridgehead atoms. The van der Waals surface area contributed by atoms with E-state index in [1.165, 1.54) is 18.2 Å². The molecule has 38 heavy (non-hydrogen) atoms. The van der Waals surface area contributed by atoms with Gasteiger partial charge in [-0.25, -0.2) is 4.79 Å². The van der Waals surface area contributed by atoms with Crippen molar-refractivity contribution in [1.82, 2.24) is 15.5 Å². The summed E-state index contributed by atoms with van der Waals surface area (Å²) < 4.78 is 38.5. The van der Waals surface area contributed by atoms with Gasteiger partial charge >= 0.3 is 12.2 Å². The van der Waals surface area contributed by atoms with E-state index in [-0.39, 0.29) is 17.6 Å². The first-order valence-corrected chi connectivity index (χ1v) is 13.2. The summed E-state index contributed by atoms with van der Waals surface area (Å²) in [6.07, 6.45) is 3.11. The topological polar surface area (TPSA) is 73.5 Å². The zero-order chi connectivity index (χ0) is 27.5. The first-order valence-electron chi connectivity index (χ1n) is 12.5. The summed E-state index contributed by atoms with van der Waals surface area (Å²) in [4.78, 5) is 26.5. The van der Waals surface area contributed by atoms with Crippen LogP contribution in [-0.4, -0.2) is 49.1 Å². The van der Waals surface area contributed by atoms with Gasteiger partial charge in [-0.05, 0) is 74.2 Å². The number of alkyl halides is 3. The van der Waals surface area contributed by atoms with Crippen molar-refractivity contribution in [2.45, 2.75) is 44.3 Å². The second kappa shape index (κ2) is 14.4. The Labute approximate surface area is 230 Å². The lowest BCUT2D eigenvalue weighted by Crippen LogP contribution is -2.46. The van der Waals surface area contributed by atoms with E-state index in [2.05, 4.69) is 20.9 Å².